The molecule has 2 heterocycles. The number of hydrogen-bond donors (Lipinski definition) is 1. The van der Waals surface area contributed by atoms with Crippen molar-refractivity contribution in [3.05, 3.63) is 5.82 Å². The summed E-state index contributed by atoms with van der Waals surface area (Å²) in [6, 6.07) is 0.532. The number of aryl methyl sites for hydroxylation is 1. The Morgan fingerprint density at radius 1 is 1.33 bits per heavy atom. The standard InChI is InChI=1S/C10H18N4O/c1-9-12-10(15-13-9)11-5-8-14-6-3-2-4-7-14/h2-8H2,1H3,(H,11,12,13). The van der Waals surface area contributed by atoms with Crippen molar-refractivity contribution in [2.75, 3.05) is 31.5 Å². The van der Waals surface area contributed by atoms with Gasteiger partial charge in [0, 0.05) is 13.1 Å². The van der Waals surface area contributed by atoms with Crippen molar-refractivity contribution in [2.45, 2.75) is 26.2 Å². The molecule has 1 aromatic heterocycles. The SMILES string of the molecule is Cc1noc(NCCN2CCCCC2)n1. The molecule has 1 aliphatic heterocycles. The van der Waals surface area contributed by atoms with E-state index >= 15 is 0 Å². The molecule has 5 heteroatoms. The lowest BCUT2D eigenvalue weighted by Gasteiger charge is -2.26. The first-order valence-electron chi connectivity index (χ1n) is 5.61. The fourth-order valence-corrected chi connectivity index (χ4v) is 1.87. The lowest BCUT2D eigenvalue weighted by molar-refractivity contribution is 0.236. The van der Waals surface area contributed by atoms with Crippen molar-refractivity contribution in [2.24, 2.45) is 0 Å². The number of nitrogens with zero attached hydrogens (tertiary/aromatic N) is 3. The van der Waals surface area contributed by atoms with Gasteiger partial charge in [-0.05, 0) is 32.9 Å². The molecular formula is C10H18N4O. The zero-order valence-corrected chi connectivity index (χ0v) is 9.20. The van der Waals surface area contributed by atoms with Gasteiger partial charge in [-0.2, -0.15) is 4.98 Å². The monoisotopic (exact) mass is 210 g/mol. The number of hydrogen-bond acceptors (Lipinski definition) is 5. The summed E-state index contributed by atoms with van der Waals surface area (Å²) in [6.07, 6.45) is 4.05. The predicted molar refractivity (Wildman–Crippen MR) is 57.8 cm³/mol. The molecule has 0 spiro atoms. The maximum Gasteiger partial charge on any atom is 0.321 e. The maximum atomic E-state index is 4.96. The molecule has 5 nitrogen and oxygen atoms in total. The number of anilines is 1. The minimum atomic E-state index is 0.532. The van der Waals surface area contributed by atoms with E-state index in [-0.39, 0.29) is 0 Å². The summed E-state index contributed by atoms with van der Waals surface area (Å²) in [5, 5.41) is 6.85. The van der Waals surface area contributed by atoms with Crippen LogP contribution in [0.25, 0.3) is 0 Å². The van der Waals surface area contributed by atoms with Gasteiger partial charge in [0.1, 0.15) is 0 Å². The van der Waals surface area contributed by atoms with E-state index in [2.05, 4.69) is 20.4 Å². The lowest BCUT2D eigenvalue weighted by atomic mass is 10.1. The number of likely N-dealkylation sites (tertiary alicyclic amines) is 1. The summed E-state index contributed by atoms with van der Waals surface area (Å²) in [7, 11) is 0. The van der Waals surface area contributed by atoms with Crippen LogP contribution in [0.2, 0.25) is 0 Å². The van der Waals surface area contributed by atoms with Crippen LogP contribution < -0.4 is 5.32 Å². The first kappa shape index (κ1) is 10.4. The first-order valence-corrected chi connectivity index (χ1v) is 5.61. The summed E-state index contributed by atoms with van der Waals surface area (Å²) < 4.78 is 4.96. The quantitative estimate of drug-likeness (QED) is 0.811. The van der Waals surface area contributed by atoms with E-state index in [4.69, 9.17) is 4.52 Å². The van der Waals surface area contributed by atoms with Crippen molar-refractivity contribution < 1.29 is 4.52 Å². The van der Waals surface area contributed by atoms with Crippen LogP contribution in [-0.2, 0) is 0 Å². The molecule has 1 N–H and O–H groups in total. The van der Waals surface area contributed by atoms with E-state index in [0.29, 0.717) is 11.8 Å². The fourth-order valence-electron chi connectivity index (χ4n) is 1.87. The summed E-state index contributed by atoms with van der Waals surface area (Å²) in [4.78, 5) is 6.56. The fraction of sp³-hybridized carbons (Fsp3) is 0.800. The number of rotatable bonds is 4. The van der Waals surface area contributed by atoms with Crippen molar-refractivity contribution in [3.8, 4) is 0 Å². The summed E-state index contributed by atoms with van der Waals surface area (Å²) in [6.45, 7) is 6.21. The Hall–Kier alpha value is -1.10. The smallest absolute Gasteiger partial charge is 0.321 e. The van der Waals surface area contributed by atoms with Gasteiger partial charge in [-0.1, -0.05) is 11.6 Å². The van der Waals surface area contributed by atoms with Gasteiger partial charge in [-0.3, -0.25) is 0 Å². The highest BCUT2D eigenvalue weighted by Crippen LogP contribution is 2.08. The van der Waals surface area contributed by atoms with Crippen molar-refractivity contribution in [1.29, 1.82) is 0 Å². The van der Waals surface area contributed by atoms with Gasteiger partial charge in [0.15, 0.2) is 5.82 Å². The van der Waals surface area contributed by atoms with Gasteiger partial charge in [-0.15, -0.1) is 0 Å². The third kappa shape index (κ3) is 3.20. The minimum Gasteiger partial charge on any atom is -0.336 e. The van der Waals surface area contributed by atoms with Gasteiger partial charge in [0.2, 0.25) is 0 Å². The van der Waals surface area contributed by atoms with Crippen LogP contribution in [0, 0.1) is 6.92 Å². The van der Waals surface area contributed by atoms with Gasteiger partial charge in [0.25, 0.3) is 0 Å². The Morgan fingerprint density at radius 3 is 2.80 bits per heavy atom. The second kappa shape index (κ2) is 5.11. The Morgan fingerprint density at radius 2 is 2.13 bits per heavy atom. The number of piperidine rings is 1. The molecule has 1 aromatic rings. The zero-order valence-electron chi connectivity index (χ0n) is 9.20. The predicted octanol–water partition coefficient (Wildman–Crippen LogP) is 1.28. The second-order valence-corrected chi connectivity index (χ2v) is 3.98. The highest BCUT2D eigenvalue weighted by molar-refractivity contribution is 5.17. The van der Waals surface area contributed by atoms with Crippen LogP contribution in [0.1, 0.15) is 25.1 Å². The molecule has 1 saturated heterocycles. The van der Waals surface area contributed by atoms with Gasteiger partial charge in [0.05, 0.1) is 0 Å². The second-order valence-electron chi connectivity index (χ2n) is 3.98. The van der Waals surface area contributed by atoms with Gasteiger partial charge >= 0.3 is 6.01 Å². The largest absolute Gasteiger partial charge is 0.336 e. The Bertz CT molecular complexity index is 293. The molecule has 2 rings (SSSR count). The molecule has 0 bridgehead atoms. The molecule has 0 radical (unpaired) electrons. The van der Waals surface area contributed by atoms with Crippen molar-refractivity contribution in [1.82, 2.24) is 15.0 Å². The summed E-state index contributed by atoms with van der Waals surface area (Å²) in [5.74, 6) is 0.676. The van der Waals surface area contributed by atoms with E-state index in [0.717, 1.165) is 13.1 Å². The molecule has 1 aliphatic rings. The molecule has 84 valence electrons. The third-order valence-electron chi connectivity index (χ3n) is 2.68. The van der Waals surface area contributed by atoms with Gasteiger partial charge < -0.3 is 14.7 Å². The van der Waals surface area contributed by atoms with Crippen LogP contribution in [0.15, 0.2) is 4.52 Å². The average molecular weight is 210 g/mol. The highest BCUT2D eigenvalue weighted by atomic mass is 16.5. The van der Waals surface area contributed by atoms with Crippen LogP contribution >= 0.6 is 0 Å². The zero-order chi connectivity index (χ0) is 10.5. The Kier molecular flexibility index (Phi) is 3.55. The van der Waals surface area contributed by atoms with E-state index in [9.17, 15) is 0 Å². The van der Waals surface area contributed by atoms with E-state index in [1.807, 2.05) is 6.92 Å². The normalized spacial score (nSPS) is 17.9. The molecule has 0 unspecified atom stereocenters. The molecule has 1 fully saturated rings. The van der Waals surface area contributed by atoms with Crippen molar-refractivity contribution in [3.63, 3.8) is 0 Å². The molecule has 0 aliphatic carbocycles. The van der Waals surface area contributed by atoms with Gasteiger partial charge in [-0.25, -0.2) is 0 Å². The molecule has 0 atom stereocenters. The van der Waals surface area contributed by atoms with E-state index < -0.39 is 0 Å². The van der Waals surface area contributed by atoms with Crippen LogP contribution in [0.4, 0.5) is 6.01 Å². The molecule has 0 aromatic carbocycles. The minimum absolute atomic E-state index is 0.532. The molecule has 0 amide bonds. The van der Waals surface area contributed by atoms with Crippen molar-refractivity contribution >= 4 is 6.01 Å². The highest BCUT2D eigenvalue weighted by Gasteiger charge is 2.09. The average Bonchev–Trinajstić information content (AvgIpc) is 2.66. The first-order chi connectivity index (χ1) is 7.34. The van der Waals surface area contributed by atoms with E-state index in [1.54, 1.807) is 0 Å². The summed E-state index contributed by atoms with van der Waals surface area (Å²) >= 11 is 0. The van der Waals surface area contributed by atoms with Crippen LogP contribution in [0.5, 0.6) is 0 Å². The number of aromatic nitrogens is 2. The molecule has 15 heavy (non-hydrogen) atoms. The van der Waals surface area contributed by atoms with Crippen LogP contribution in [0.3, 0.4) is 0 Å². The lowest BCUT2D eigenvalue weighted by Crippen LogP contribution is -2.33. The van der Waals surface area contributed by atoms with Crippen LogP contribution in [-0.4, -0.2) is 41.2 Å². The maximum absolute atomic E-state index is 4.96. The molecule has 0 saturated carbocycles. The molecular weight excluding hydrogens is 192 g/mol. The Labute approximate surface area is 89.8 Å². The number of nitrogens with one attached hydrogen (secondary N) is 1. The van der Waals surface area contributed by atoms with E-state index in [1.165, 1.54) is 32.4 Å². The third-order valence-corrected chi connectivity index (χ3v) is 2.68. The summed E-state index contributed by atoms with van der Waals surface area (Å²) in [5.41, 5.74) is 0. The Balaban J connectivity index is 1.65. The topological polar surface area (TPSA) is 54.2 Å².